The first-order valence-corrected chi connectivity index (χ1v) is 44.5. The number of guanidine groups is 1. The number of aliphatic hydroxyl groups is 1. The molecule has 0 aromatic heterocycles. The van der Waals surface area contributed by atoms with E-state index in [1.807, 2.05) is 0 Å². The van der Waals surface area contributed by atoms with Gasteiger partial charge in [-0.1, -0.05) is 313 Å². The van der Waals surface area contributed by atoms with Gasteiger partial charge in [-0.05, 0) is 249 Å². The Balaban J connectivity index is 0. The van der Waals surface area contributed by atoms with E-state index in [1.165, 1.54) is 168 Å². The van der Waals surface area contributed by atoms with Gasteiger partial charge in [-0.25, -0.2) is 0 Å². The predicted octanol–water partition coefficient (Wildman–Crippen LogP) is 23.3. The average molecular weight is 1510 g/mol. The van der Waals surface area contributed by atoms with E-state index in [4.69, 9.17) is 17.2 Å². The van der Waals surface area contributed by atoms with E-state index < -0.39 is 5.60 Å². The fourth-order valence-electron chi connectivity index (χ4n) is 16.1. The van der Waals surface area contributed by atoms with Crippen LogP contribution in [-0.4, -0.2) is 145 Å². The van der Waals surface area contributed by atoms with Crippen molar-refractivity contribution in [1.82, 2.24) is 30.7 Å². The van der Waals surface area contributed by atoms with E-state index >= 15 is 0 Å². The largest absolute Gasteiger partial charge is 0.387 e. The van der Waals surface area contributed by atoms with Crippen LogP contribution in [0.2, 0.25) is 0 Å². The van der Waals surface area contributed by atoms with Crippen molar-refractivity contribution in [3.63, 3.8) is 0 Å². The lowest BCUT2D eigenvalue weighted by molar-refractivity contribution is -0.0413. The third-order valence-corrected chi connectivity index (χ3v) is 24.8. The summed E-state index contributed by atoms with van der Waals surface area (Å²) in [6.07, 6.45) is 26.9. The summed E-state index contributed by atoms with van der Waals surface area (Å²) in [6, 6.07) is 0. The van der Waals surface area contributed by atoms with E-state index in [2.05, 4.69) is 313 Å². The molecule has 10 N–H and O–H groups in total. The van der Waals surface area contributed by atoms with Crippen LogP contribution in [0, 0.1) is 124 Å². The molecule has 5 atom stereocenters. The first kappa shape index (κ1) is 108. The first-order valence-electron chi connectivity index (χ1n) is 44.5. The zero-order chi connectivity index (χ0) is 84.0. The highest BCUT2D eigenvalue weighted by molar-refractivity contribution is 5.75. The molecule has 11 heteroatoms. The molecule has 11 nitrogen and oxygen atoms in total. The molecular formula is C96H204N10O. The van der Waals surface area contributed by atoms with Gasteiger partial charge in [0.2, 0.25) is 0 Å². The van der Waals surface area contributed by atoms with E-state index in [9.17, 15) is 5.11 Å². The maximum atomic E-state index is 9.68. The number of nitrogens with one attached hydrogen (secondary N) is 3. The van der Waals surface area contributed by atoms with E-state index in [-0.39, 0.29) is 11.4 Å². The number of fused-ring (bicyclic) bond motifs is 1. The highest BCUT2D eigenvalue weighted by Crippen LogP contribution is 2.57. The quantitative estimate of drug-likeness (QED) is 0.0830. The summed E-state index contributed by atoms with van der Waals surface area (Å²) in [7, 11) is 8.65. The fourth-order valence-corrected chi connectivity index (χ4v) is 16.1. The van der Waals surface area contributed by atoms with Gasteiger partial charge in [-0.15, -0.1) is 0 Å². The summed E-state index contributed by atoms with van der Waals surface area (Å²) < 4.78 is 0. The molecule has 0 aromatic carbocycles. The molecular weight excluding hydrogens is 1310 g/mol. The van der Waals surface area contributed by atoms with E-state index in [0.717, 1.165) is 92.3 Å². The molecule has 0 radical (unpaired) electrons. The minimum absolute atomic E-state index is 0.184. The third-order valence-electron chi connectivity index (χ3n) is 24.8. The molecule has 4 saturated carbocycles. The molecule has 5 saturated heterocycles. The Bertz CT molecular complexity index is 2180. The number of hydrogen-bond donors (Lipinski definition) is 7. The fraction of sp³-hybridized carbons (Fsp3) is 0.990. The molecule has 0 amide bonds. The van der Waals surface area contributed by atoms with Crippen LogP contribution in [0.3, 0.4) is 0 Å². The highest BCUT2D eigenvalue weighted by Gasteiger charge is 2.57. The van der Waals surface area contributed by atoms with Gasteiger partial charge >= 0.3 is 0 Å². The van der Waals surface area contributed by atoms with Crippen LogP contribution in [0.1, 0.15) is 371 Å². The van der Waals surface area contributed by atoms with Crippen molar-refractivity contribution in [1.29, 1.82) is 0 Å². The molecule has 9 rings (SSSR count). The van der Waals surface area contributed by atoms with Crippen LogP contribution < -0.4 is 33.2 Å². The molecule has 107 heavy (non-hydrogen) atoms. The monoisotopic (exact) mass is 1510 g/mol. The maximum absolute atomic E-state index is 9.68. The van der Waals surface area contributed by atoms with Crippen molar-refractivity contribution < 1.29 is 5.11 Å². The van der Waals surface area contributed by atoms with Crippen LogP contribution in [-0.2, 0) is 0 Å². The Morgan fingerprint density at radius 2 is 0.888 bits per heavy atom. The van der Waals surface area contributed by atoms with Crippen LogP contribution in [0.15, 0.2) is 4.99 Å². The minimum Gasteiger partial charge on any atom is -0.387 e. The summed E-state index contributed by atoms with van der Waals surface area (Å²) in [6.45, 7) is 97.0. The SMILES string of the molecule is CC(C)(C)C1C2CNCC21.CC(C)(C)C1CNC1.CC(C)(C)CC1(C)CCC1.CC(C)(C)CC1(O)CNC1.CC(C)(C)CC1CCCCC1.CC(C)(C)CCC1CCCC1.CC(C)(C)CCN=C(N)N.CC(CN(C)C)C(C)(C)C.CC(CN)C(C)(C)C.CN1CC(C(C)(C)C)C1.CN1CCC(C(C)(C)C)C1. The van der Waals surface area contributed by atoms with Gasteiger partial charge in [0, 0.05) is 45.8 Å². The average Bonchev–Trinajstić information content (AvgIpc) is 1.57. The summed E-state index contributed by atoms with van der Waals surface area (Å²) in [5.74, 6) is 9.54. The van der Waals surface area contributed by atoms with Crippen LogP contribution in [0.4, 0.5) is 0 Å². The number of β-amino-alcohol motifs (C(OH)–C–C–N with tert-alkyl or cyclic N) is 1. The standard InChI is InChI=1S/2C11H22.C10H20.C9H17N.C9H19N.C9H21N.C8H17NO.C8H17N.C7H17N3.C7H15N.C7H17N/c1-11(2,3)9-8-10-6-4-5-7-10;1-11(2,3)9-10-7-5-4-6-8-10;1-9(2,3)8-10(4)6-5-7-10;1-9(2,3)8-6-4-10-5-7(6)8;1-9(2,3)8-5-6-10(4)7-8;1-8(7-10(5)6)9(2,3)4;1-7(2,3)4-8(10)5-9-6-8;1-8(2,3)7-5-9(4)6-7;1-7(2,3)4-5-10-6(8)9;1-7(2,3)6-4-8-5-6;1-6(5-8)7(2,3)4/h2*10H,4-9H2,1-3H3;5-8H2,1-4H3;6-8,10H,4-5H2,1-3H3;8H,5-7H2,1-4H3;8H,7H2,1-6H3;9-10H,4-6H2,1-3H3;7H,5-6H2,1-4H3;4-5H2,1-3H3,(H4,8,9,10);6,8H,4-5H2,1-3H3;6H,5,8H2,1-4H3. The molecule has 5 aliphatic heterocycles. The molecule has 9 fully saturated rings. The van der Waals surface area contributed by atoms with Gasteiger partial charge in [0.05, 0.1) is 5.60 Å². The van der Waals surface area contributed by atoms with Crippen molar-refractivity contribution in [2.24, 2.45) is 146 Å². The lowest BCUT2D eigenvalue weighted by Crippen LogP contribution is -2.60. The summed E-state index contributed by atoms with van der Waals surface area (Å²) in [4.78, 5) is 10.9. The highest BCUT2D eigenvalue weighted by atomic mass is 16.3. The molecule has 644 valence electrons. The Morgan fingerprint density at radius 3 is 1.09 bits per heavy atom. The normalized spacial score (nSPS) is 23.4. The number of nitrogens with two attached hydrogens (primary N) is 3. The number of nitrogens with zero attached hydrogens (tertiary/aromatic N) is 4. The van der Waals surface area contributed by atoms with Crippen molar-refractivity contribution in [2.75, 3.05) is 113 Å². The predicted molar refractivity (Wildman–Crippen MR) is 483 cm³/mol. The Labute approximate surface area is 674 Å². The number of hydrogen-bond acceptors (Lipinski definition) is 9. The first-order chi connectivity index (χ1) is 47.9. The van der Waals surface area contributed by atoms with Crippen molar-refractivity contribution in [3.05, 3.63) is 0 Å². The second-order valence-electron chi connectivity index (χ2n) is 49.6. The lowest BCUT2D eigenvalue weighted by atomic mass is 9.63. The topological polar surface area (TPSA) is 156 Å². The Hall–Kier alpha value is -1.05. The molecule has 0 bridgehead atoms. The molecule has 0 spiro atoms. The molecule has 4 aliphatic carbocycles. The van der Waals surface area contributed by atoms with Gasteiger partial charge in [0.15, 0.2) is 5.96 Å². The number of likely N-dealkylation sites (tertiary alicyclic amines) is 2. The van der Waals surface area contributed by atoms with E-state index in [0.29, 0.717) is 65.5 Å². The molecule has 5 heterocycles. The molecule has 0 aromatic rings. The second-order valence-corrected chi connectivity index (χ2v) is 49.6. The van der Waals surface area contributed by atoms with Gasteiger partial charge < -0.3 is 53.0 Å². The zero-order valence-corrected chi connectivity index (χ0v) is 80.9. The number of piperidine rings is 1. The van der Waals surface area contributed by atoms with Crippen LogP contribution >= 0.6 is 0 Å². The van der Waals surface area contributed by atoms with Gasteiger partial charge in [0.1, 0.15) is 0 Å². The van der Waals surface area contributed by atoms with Crippen molar-refractivity contribution in [3.8, 4) is 0 Å². The van der Waals surface area contributed by atoms with Crippen LogP contribution in [0.5, 0.6) is 0 Å². The summed E-state index contributed by atoms with van der Waals surface area (Å²) in [5.41, 5.74) is 21.3. The van der Waals surface area contributed by atoms with Crippen molar-refractivity contribution >= 4 is 5.96 Å². The minimum atomic E-state index is -0.405. The van der Waals surface area contributed by atoms with E-state index in [1.54, 1.807) is 0 Å². The van der Waals surface area contributed by atoms with Crippen molar-refractivity contribution in [2.45, 2.75) is 377 Å². The van der Waals surface area contributed by atoms with Gasteiger partial charge in [0.25, 0.3) is 0 Å². The van der Waals surface area contributed by atoms with Gasteiger partial charge in [-0.3, -0.25) is 4.99 Å². The smallest absolute Gasteiger partial charge is 0.185 e. The second kappa shape index (κ2) is 47.2. The number of aliphatic imine (C=N–C) groups is 1. The van der Waals surface area contributed by atoms with Gasteiger partial charge in [-0.2, -0.15) is 0 Å². The molecule has 5 unspecified atom stereocenters. The summed E-state index contributed by atoms with van der Waals surface area (Å²) in [5, 5.41) is 19.4. The Kier molecular flexibility index (Phi) is 47.7. The molecule has 9 aliphatic rings. The lowest BCUT2D eigenvalue weighted by Gasteiger charge is -2.44. The Morgan fingerprint density at radius 1 is 0.477 bits per heavy atom. The van der Waals surface area contributed by atoms with Crippen LogP contribution in [0.25, 0.3) is 0 Å². The third kappa shape index (κ3) is 56.0. The maximum Gasteiger partial charge on any atom is 0.185 e. The zero-order valence-electron chi connectivity index (χ0n) is 80.9. The number of rotatable bonds is 10. The summed E-state index contributed by atoms with van der Waals surface area (Å²) >= 11 is 0.